The van der Waals surface area contributed by atoms with Crippen LogP contribution in [0.2, 0.25) is 0 Å². The van der Waals surface area contributed by atoms with Crippen LogP contribution in [0.3, 0.4) is 0 Å². The summed E-state index contributed by atoms with van der Waals surface area (Å²) in [6.07, 6.45) is 6.48. The number of rotatable bonds is 4. The second-order valence-corrected chi connectivity index (χ2v) is 6.68. The van der Waals surface area contributed by atoms with Gasteiger partial charge < -0.3 is 16.0 Å². The summed E-state index contributed by atoms with van der Waals surface area (Å²) in [6, 6.07) is 7.19. The number of benzene rings is 1. The van der Waals surface area contributed by atoms with Crippen molar-refractivity contribution in [3.05, 3.63) is 29.8 Å². The lowest BCUT2D eigenvalue weighted by molar-refractivity contribution is 0.0951. The van der Waals surface area contributed by atoms with Gasteiger partial charge in [-0.3, -0.25) is 4.79 Å². The average molecular weight is 301 g/mol. The van der Waals surface area contributed by atoms with Gasteiger partial charge in [0.05, 0.1) is 0 Å². The van der Waals surface area contributed by atoms with Crippen LogP contribution in [0.5, 0.6) is 0 Å². The molecule has 3 N–H and O–H groups in total. The van der Waals surface area contributed by atoms with Gasteiger partial charge in [-0.25, -0.2) is 4.79 Å². The third-order valence-corrected chi connectivity index (χ3v) is 4.42. The third kappa shape index (κ3) is 3.78. The van der Waals surface area contributed by atoms with Crippen molar-refractivity contribution in [1.29, 1.82) is 0 Å². The molecule has 2 saturated carbocycles. The molecular formula is C17H23N3O2. The number of hydrogen-bond donors (Lipinski definition) is 3. The van der Waals surface area contributed by atoms with Gasteiger partial charge in [-0.2, -0.15) is 0 Å². The van der Waals surface area contributed by atoms with Crippen LogP contribution in [0.25, 0.3) is 0 Å². The van der Waals surface area contributed by atoms with Gasteiger partial charge in [-0.05, 0) is 50.8 Å². The lowest BCUT2D eigenvalue weighted by Gasteiger charge is -2.25. The molecule has 0 bridgehead atoms. The van der Waals surface area contributed by atoms with Crippen molar-refractivity contribution in [2.24, 2.45) is 0 Å². The summed E-state index contributed by atoms with van der Waals surface area (Å²) in [6.45, 7) is 2.08. The first-order chi connectivity index (χ1) is 10.5. The molecule has 2 fully saturated rings. The van der Waals surface area contributed by atoms with Gasteiger partial charge in [0, 0.05) is 22.8 Å². The second-order valence-electron chi connectivity index (χ2n) is 6.68. The Kier molecular flexibility index (Phi) is 4.05. The van der Waals surface area contributed by atoms with Crippen LogP contribution in [0, 0.1) is 0 Å². The van der Waals surface area contributed by atoms with Crippen molar-refractivity contribution in [3.63, 3.8) is 0 Å². The fourth-order valence-electron chi connectivity index (χ4n) is 2.95. The van der Waals surface area contributed by atoms with E-state index in [0.717, 1.165) is 38.5 Å². The summed E-state index contributed by atoms with van der Waals surface area (Å²) >= 11 is 0. The maximum Gasteiger partial charge on any atom is 0.319 e. The molecule has 0 heterocycles. The second kappa shape index (κ2) is 5.99. The van der Waals surface area contributed by atoms with E-state index in [1.54, 1.807) is 24.3 Å². The summed E-state index contributed by atoms with van der Waals surface area (Å²) in [5, 5.41) is 8.82. The molecule has 0 unspecified atom stereocenters. The Bertz CT molecular complexity index is 575. The minimum absolute atomic E-state index is 0.0747. The van der Waals surface area contributed by atoms with Gasteiger partial charge in [0.2, 0.25) is 0 Å². The van der Waals surface area contributed by atoms with Gasteiger partial charge >= 0.3 is 6.03 Å². The molecule has 2 aliphatic carbocycles. The van der Waals surface area contributed by atoms with E-state index in [1.807, 2.05) is 0 Å². The predicted molar refractivity (Wildman–Crippen MR) is 86.0 cm³/mol. The first-order valence-corrected chi connectivity index (χ1v) is 8.04. The van der Waals surface area contributed by atoms with Crippen LogP contribution in [-0.4, -0.2) is 23.5 Å². The van der Waals surface area contributed by atoms with Crippen molar-refractivity contribution in [2.75, 3.05) is 5.32 Å². The molecule has 3 rings (SSSR count). The SMILES string of the molecule is CC1(NC(=O)Nc2cccc(C(=O)NC3CC3)c2)CCCC1. The van der Waals surface area contributed by atoms with Crippen LogP contribution in [0.4, 0.5) is 10.5 Å². The first kappa shape index (κ1) is 14.9. The number of urea groups is 1. The highest BCUT2D eigenvalue weighted by Gasteiger charge is 2.30. The Morgan fingerprint density at radius 2 is 1.91 bits per heavy atom. The van der Waals surface area contributed by atoms with E-state index in [4.69, 9.17) is 0 Å². The molecular weight excluding hydrogens is 278 g/mol. The van der Waals surface area contributed by atoms with E-state index in [0.29, 0.717) is 17.3 Å². The fourth-order valence-corrected chi connectivity index (χ4v) is 2.95. The molecule has 0 radical (unpaired) electrons. The zero-order valence-corrected chi connectivity index (χ0v) is 12.9. The normalized spacial score (nSPS) is 19.5. The van der Waals surface area contributed by atoms with Gasteiger partial charge in [0.15, 0.2) is 0 Å². The maximum absolute atomic E-state index is 12.1. The molecule has 1 aromatic carbocycles. The van der Waals surface area contributed by atoms with Gasteiger partial charge in [-0.1, -0.05) is 18.9 Å². The topological polar surface area (TPSA) is 70.2 Å². The van der Waals surface area contributed by atoms with Crippen LogP contribution in [-0.2, 0) is 0 Å². The number of hydrogen-bond acceptors (Lipinski definition) is 2. The maximum atomic E-state index is 12.1. The summed E-state index contributed by atoms with van der Waals surface area (Å²) in [5.74, 6) is -0.0747. The van der Waals surface area contributed by atoms with Crippen LogP contribution in [0.15, 0.2) is 24.3 Å². The molecule has 5 nitrogen and oxygen atoms in total. The Balaban J connectivity index is 1.59. The summed E-state index contributed by atoms with van der Waals surface area (Å²) in [7, 11) is 0. The van der Waals surface area contributed by atoms with Crippen molar-refractivity contribution >= 4 is 17.6 Å². The fraction of sp³-hybridized carbons (Fsp3) is 0.529. The van der Waals surface area contributed by atoms with E-state index < -0.39 is 0 Å². The lowest BCUT2D eigenvalue weighted by atomic mass is 10.0. The van der Waals surface area contributed by atoms with Crippen molar-refractivity contribution in [3.8, 4) is 0 Å². The largest absolute Gasteiger partial charge is 0.349 e. The minimum Gasteiger partial charge on any atom is -0.349 e. The Morgan fingerprint density at radius 3 is 2.59 bits per heavy atom. The van der Waals surface area contributed by atoms with Gasteiger partial charge in [-0.15, -0.1) is 0 Å². The molecule has 3 amide bonds. The molecule has 0 aromatic heterocycles. The van der Waals surface area contributed by atoms with Gasteiger partial charge in [0.25, 0.3) is 5.91 Å². The molecule has 5 heteroatoms. The number of nitrogens with one attached hydrogen (secondary N) is 3. The van der Waals surface area contributed by atoms with E-state index in [-0.39, 0.29) is 17.5 Å². The monoisotopic (exact) mass is 301 g/mol. The predicted octanol–water partition coefficient (Wildman–Crippen LogP) is 3.03. The van der Waals surface area contributed by atoms with E-state index >= 15 is 0 Å². The third-order valence-electron chi connectivity index (χ3n) is 4.42. The summed E-state index contributed by atoms with van der Waals surface area (Å²) in [5.41, 5.74) is 1.12. The Morgan fingerprint density at radius 1 is 1.18 bits per heavy atom. The standard InChI is InChI=1S/C17H23N3O2/c1-17(9-2-3-10-17)20-16(22)19-14-6-4-5-12(11-14)15(21)18-13-7-8-13/h4-6,11,13H,2-3,7-10H2,1H3,(H,18,21)(H2,19,20,22). The van der Waals surface area contributed by atoms with Crippen LogP contribution in [0.1, 0.15) is 55.8 Å². The number of anilines is 1. The molecule has 118 valence electrons. The average Bonchev–Trinajstić information content (AvgIpc) is 3.18. The molecule has 2 aliphatic rings. The van der Waals surface area contributed by atoms with Crippen molar-refractivity contribution in [1.82, 2.24) is 10.6 Å². The molecule has 1 aromatic rings. The smallest absolute Gasteiger partial charge is 0.319 e. The zero-order valence-electron chi connectivity index (χ0n) is 12.9. The lowest BCUT2D eigenvalue weighted by Crippen LogP contribution is -2.45. The molecule has 0 saturated heterocycles. The summed E-state index contributed by atoms with van der Waals surface area (Å²) in [4.78, 5) is 24.1. The Hall–Kier alpha value is -2.04. The van der Waals surface area contributed by atoms with E-state index in [1.165, 1.54) is 0 Å². The number of carbonyl (C=O) groups is 2. The summed E-state index contributed by atoms with van der Waals surface area (Å²) < 4.78 is 0. The Labute approximate surface area is 130 Å². The molecule has 0 spiro atoms. The van der Waals surface area contributed by atoms with E-state index in [9.17, 15) is 9.59 Å². The molecule has 0 atom stereocenters. The molecule has 22 heavy (non-hydrogen) atoms. The highest BCUT2D eigenvalue weighted by molar-refractivity contribution is 5.97. The number of carbonyl (C=O) groups excluding carboxylic acids is 2. The van der Waals surface area contributed by atoms with Crippen LogP contribution < -0.4 is 16.0 Å². The van der Waals surface area contributed by atoms with Gasteiger partial charge in [0.1, 0.15) is 0 Å². The quantitative estimate of drug-likeness (QED) is 0.800. The highest BCUT2D eigenvalue weighted by Crippen LogP contribution is 2.28. The first-order valence-electron chi connectivity index (χ1n) is 8.04. The minimum atomic E-state index is -0.204. The highest BCUT2D eigenvalue weighted by atomic mass is 16.2. The zero-order chi connectivity index (χ0) is 15.6. The van der Waals surface area contributed by atoms with E-state index in [2.05, 4.69) is 22.9 Å². The van der Waals surface area contributed by atoms with Crippen LogP contribution >= 0.6 is 0 Å². The van der Waals surface area contributed by atoms with Crippen molar-refractivity contribution < 1.29 is 9.59 Å². The molecule has 0 aliphatic heterocycles. The van der Waals surface area contributed by atoms with Crippen molar-refractivity contribution in [2.45, 2.75) is 57.0 Å². The number of amides is 3.